The maximum absolute atomic E-state index is 4.61. The lowest BCUT2D eigenvalue weighted by Gasteiger charge is -2.34. The smallest absolute Gasteiger partial charge is 0.0711 e. The lowest BCUT2D eigenvalue weighted by atomic mass is 9.79. The molecular weight excluding hydrogens is 130 g/mol. The van der Waals surface area contributed by atoms with Gasteiger partial charge in [-0.05, 0) is 26.2 Å². The zero-order valence-corrected chi connectivity index (χ0v) is 6.50. The highest BCUT2D eigenvalue weighted by atomic mass is 32.2. The first-order valence-electron chi connectivity index (χ1n) is 3.50. The Morgan fingerprint density at radius 2 is 2.33 bits per heavy atom. The highest BCUT2D eigenvalue weighted by Crippen LogP contribution is 2.43. The summed E-state index contributed by atoms with van der Waals surface area (Å²) >= 11 is 1.93. The van der Waals surface area contributed by atoms with Crippen LogP contribution in [0.25, 0.3) is 0 Å². The van der Waals surface area contributed by atoms with E-state index >= 15 is 0 Å². The van der Waals surface area contributed by atoms with Crippen LogP contribution in [0, 0.1) is 0 Å². The van der Waals surface area contributed by atoms with Crippen molar-refractivity contribution in [3.05, 3.63) is 0 Å². The highest BCUT2D eigenvalue weighted by molar-refractivity contribution is 8.14. The molecule has 0 bridgehead atoms. The number of thioether (sulfide) groups is 1. The van der Waals surface area contributed by atoms with Crippen LogP contribution in [0.4, 0.5) is 0 Å². The average Bonchev–Trinajstić information content (AvgIpc) is 2.09. The lowest BCUT2D eigenvalue weighted by Crippen LogP contribution is -2.35. The maximum Gasteiger partial charge on any atom is 0.0711 e. The first kappa shape index (κ1) is 5.78. The molecule has 0 unspecified atom stereocenters. The number of rotatable bonds is 0. The Kier molecular flexibility index (Phi) is 1.12. The van der Waals surface area contributed by atoms with Crippen molar-refractivity contribution in [1.82, 2.24) is 0 Å². The minimum atomic E-state index is 0.439. The van der Waals surface area contributed by atoms with Crippen molar-refractivity contribution in [2.75, 3.05) is 5.75 Å². The van der Waals surface area contributed by atoms with Crippen LogP contribution in [-0.2, 0) is 0 Å². The minimum Gasteiger partial charge on any atom is -0.276 e. The van der Waals surface area contributed by atoms with Gasteiger partial charge in [0.25, 0.3) is 0 Å². The third-order valence-electron chi connectivity index (χ3n) is 2.23. The van der Waals surface area contributed by atoms with E-state index in [0.717, 1.165) is 0 Å². The second-order valence-electron chi connectivity index (χ2n) is 3.00. The Morgan fingerprint density at radius 1 is 1.56 bits per heavy atom. The SMILES string of the molecule is CC1=NC2(CCC2)CS1. The maximum atomic E-state index is 4.61. The van der Waals surface area contributed by atoms with Gasteiger partial charge >= 0.3 is 0 Å². The van der Waals surface area contributed by atoms with Crippen molar-refractivity contribution < 1.29 is 0 Å². The molecular formula is C7H11NS. The van der Waals surface area contributed by atoms with Gasteiger partial charge in [0.2, 0.25) is 0 Å². The molecule has 0 aromatic heterocycles. The predicted octanol–water partition coefficient (Wildman–Crippen LogP) is 2.07. The molecule has 0 aromatic rings. The second-order valence-corrected chi connectivity index (χ2v) is 4.17. The standard InChI is InChI=1S/C7H11NS/c1-6-8-7(5-9-6)3-2-4-7/h2-5H2,1H3. The minimum absolute atomic E-state index is 0.439. The lowest BCUT2D eigenvalue weighted by molar-refractivity contribution is 0.290. The fourth-order valence-corrected chi connectivity index (χ4v) is 2.57. The Balaban J connectivity index is 2.15. The summed E-state index contributed by atoms with van der Waals surface area (Å²) in [5.74, 6) is 1.26. The van der Waals surface area contributed by atoms with E-state index in [2.05, 4.69) is 11.9 Å². The molecule has 1 nitrogen and oxygen atoms in total. The van der Waals surface area contributed by atoms with Crippen LogP contribution >= 0.6 is 11.8 Å². The number of aliphatic imine (C=N–C) groups is 1. The Labute approximate surface area is 59.9 Å². The third-order valence-corrected chi connectivity index (χ3v) is 3.42. The van der Waals surface area contributed by atoms with Crippen molar-refractivity contribution in [3.63, 3.8) is 0 Å². The first-order chi connectivity index (χ1) is 4.31. The zero-order valence-electron chi connectivity index (χ0n) is 5.68. The molecule has 1 heterocycles. The number of hydrogen-bond acceptors (Lipinski definition) is 2. The number of hydrogen-bond donors (Lipinski definition) is 0. The highest BCUT2D eigenvalue weighted by Gasteiger charge is 2.39. The molecule has 1 aliphatic heterocycles. The van der Waals surface area contributed by atoms with Crippen LogP contribution in [0.15, 0.2) is 4.99 Å². The van der Waals surface area contributed by atoms with Crippen LogP contribution in [0.1, 0.15) is 26.2 Å². The van der Waals surface area contributed by atoms with Gasteiger partial charge in [-0.3, -0.25) is 4.99 Å². The molecule has 50 valence electrons. The summed E-state index contributed by atoms with van der Waals surface area (Å²) in [6.07, 6.45) is 4.09. The predicted molar refractivity (Wildman–Crippen MR) is 42.1 cm³/mol. The summed E-state index contributed by atoms with van der Waals surface area (Å²) in [6, 6.07) is 0. The topological polar surface area (TPSA) is 12.4 Å². The number of nitrogens with zero attached hydrogens (tertiary/aromatic N) is 1. The van der Waals surface area contributed by atoms with Gasteiger partial charge in [-0.2, -0.15) is 0 Å². The van der Waals surface area contributed by atoms with Gasteiger partial charge in [-0.1, -0.05) is 0 Å². The summed E-state index contributed by atoms with van der Waals surface area (Å²) in [5, 5.41) is 1.30. The van der Waals surface area contributed by atoms with Gasteiger partial charge < -0.3 is 0 Å². The summed E-state index contributed by atoms with van der Waals surface area (Å²) in [5.41, 5.74) is 0.439. The quantitative estimate of drug-likeness (QED) is 0.503. The van der Waals surface area contributed by atoms with Gasteiger partial charge in [0.15, 0.2) is 0 Å². The molecule has 0 radical (unpaired) electrons. The molecule has 1 spiro atoms. The van der Waals surface area contributed by atoms with Crippen LogP contribution < -0.4 is 0 Å². The van der Waals surface area contributed by atoms with Gasteiger partial charge in [0.1, 0.15) is 0 Å². The monoisotopic (exact) mass is 141 g/mol. The van der Waals surface area contributed by atoms with Crippen molar-refractivity contribution in [1.29, 1.82) is 0 Å². The average molecular weight is 141 g/mol. The Morgan fingerprint density at radius 3 is 2.56 bits per heavy atom. The van der Waals surface area contributed by atoms with E-state index in [1.54, 1.807) is 0 Å². The molecule has 1 aliphatic carbocycles. The van der Waals surface area contributed by atoms with Gasteiger partial charge in [0.05, 0.1) is 10.6 Å². The van der Waals surface area contributed by atoms with Crippen LogP contribution in [0.2, 0.25) is 0 Å². The second kappa shape index (κ2) is 1.75. The van der Waals surface area contributed by atoms with Crippen molar-refractivity contribution in [3.8, 4) is 0 Å². The van der Waals surface area contributed by atoms with E-state index < -0.39 is 0 Å². The van der Waals surface area contributed by atoms with Crippen LogP contribution in [0.5, 0.6) is 0 Å². The summed E-state index contributed by atoms with van der Waals surface area (Å²) in [6.45, 7) is 2.12. The van der Waals surface area contributed by atoms with Crippen LogP contribution in [0.3, 0.4) is 0 Å². The van der Waals surface area contributed by atoms with E-state index in [1.165, 1.54) is 30.1 Å². The molecule has 2 heteroatoms. The molecule has 2 rings (SSSR count). The molecule has 2 aliphatic rings. The molecule has 9 heavy (non-hydrogen) atoms. The fraction of sp³-hybridized carbons (Fsp3) is 0.857. The summed E-state index contributed by atoms with van der Waals surface area (Å²) in [7, 11) is 0. The van der Waals surface area contributed by atoms with Crippen molar-refractivity contribution in [2.45, 2.75) is 31.7 Å². The fourth-order valence-electron chi connectivity index (χ4n) is 1.48. The van der Waals surface area contributed by atoms with E-state index in [1.807, 2.05) is 11.8 Å². The molecule has 0 aromatic carbocycles. The third kappa shape index (κ3) is 0.803. The van der Waals surface area contributed by atoms with E-state index in [4.69, 9.17) is 0 Å². The molecule has 1 fully saturated rings. The molecule has 0 N–H and O–H groups in total. The Hall–Kier alpha value is 0.0200. The van der Waals surface area contributed by atoms with E-state index in [0.29, 0.717) is 5.54 Å². The summed E-state index contributed by atoms with van der Waals surface area (Å²) in [4.78, 5) is 4.61. The van der Waals surface area contributed by atoms with Crippen LogP contribution in [-0.4, -0.2) is 16.3 Å². The largest absolute Gasteiger partial charge is 0.276 e. The normalized spacial score (nSPS) is 30.1. The van der Waals surface area contributed by atoms with E-state index in [9.17, 15) is 0 Å². The van der Waals surface area contributed by atoms with Crippen molar-refractivity contribution in [2.24, 2.45) is 4.99 Å². The molecule has 0 saturated heterocycles. The van der Waals surface area contributed by atoms with Gasteiger partial charge in [0, 0.05) is 5.75 Å². The first-order valence-corrected chi connectivity index (χ1v) is 4.49. The summed E-state index contributed by atoms with van der Waals surface area (Å²) < 4.78 is 0. The van der Waals surface area contributed by atoms with Gasteiger partial charge in [-0.25, -0.2) is 0 Å². The molecule has 0 atom stereocenters. The Bertz CT molecular complexity index is 158. The van der Waals surface area contributed by atoms with Gasteiger partial charge in [-0.15, -0.1) is 11.8 Å². The zero-order chi connectivity index (χ0) is 6.32. The molecule has 1 saturated carbocycles. The van der Waals surface area contributed by atoms with E-state index in [-0.39, 0.29) is 0 Å². The molecule has 0 amide bonds. The van der Waals surface area contributed by atoms with Crippen molar-refractivity contribution >= 4 is 16.8 Å².